The number of nitrogens with one attached hydrogen (secondary N) is 1. The van der Waals surface area contributed by atoms with Crippen LogP contribution < -0.4 is 10.2 Å². The average molecular weight is 485 g/mol. The molecule has 3 heterocycles. The van der Waals surface area contributed by atoms with Gasteiger partial charge in [0.05, 0.1) is 6.54 Å². The molecule has 4 fully saturated rings. The van der Waals surface area contributed by atoms with Gasteiger partial charge in [-0.3, -0.25) is 14.4 Å². The second-order valence-corrected chi connectivity index (χ2v) is 10.3. The topological polar surface area (TPSA) is 91.4 Å². The first-order valence-corrected chi connectivity index (χ1v) is 12.8. The first kappa shape index (κ1) is 24.2. The van der Waals surface area contributed by atoms with E-state index in [0.717, 1.165) is 57.5 Å². The van der Waals surface area contributed by atoms with Crippen LogP contribution in [0.5, 0.6) is 0 Å². The molecule has 1 aromatic carbocycles. The van der Waals surface area contributed by atoms with Crippen molar-refractivity contribution >= 4 is 23.3 Å². The maximum absolute atomic E-state index is 13.8. The summed E-state index contributed by atoms with van der Waals surface area (Å²) in [5.74, 6) is -0.492. The quantitative estimate of drug-likeness (QED) is 0.642. The van der Waals surface area contributed by atoms with Crippen LogP contribution in [0.15, 0.2) is 24.3 Å². The molecule has 9 heteroatoms. The van der Waals surface area contributed by atoms with Crippen molar-refractivity contribution in [3.8, 4) is 0 Å². The third-order valence-corrected chi connectivity index (χ3v) is 8.15. The van der Waals surface area contributed by atoms with Crippen molar-refractivity contribution in [2.24, 2.45) is 5.92 Å². The van der Waals surface area contributed by atoms with Gasteiger partial charge in [0.2, 0.25) is 5.91 Å². The lowest BCUT2D eigenvalue weighted by Crippen LogP contribution is -2.54. The number of likely N-dealkylation sites (tertiary alicyclic amines) is 1. The highest BCUT2D eigenvalue weighted by molar-refractivity contribution is 5.99. The van der Waals surface area contributed by atoms with E-state index >= 15 is 0 Å². The second-order valence-electron chi connectivity index (χ2n) is 10.3. The number of nitrogens with zero attached hydrogens (tertiary/aromatic N) is 3. The molecule has 3 saturated heterocycles. The lowest BCUT2D eigenvalue weighted by atomic mass is 9.95. The number of carbonyl (C=O) groups is 3. The number of benzene rings is 1. The Morgan fingerprint density at radius 2 is 1.77 bits per heavy atom. The Hall–Kier alpha value is -2.49. The number of amides is 2. The summed E-state index contributed by atoms with van der Waals surface area (Å²) in [6, 6.07) is 6.34. The van der Waals surface area contributed by atoms with Crippen LogP contribution >= 0.6 is 0 Å². The van der Waals surface area contributed by atoms with E-state index in [1.807, 2.05) is 24.3 Å². The van der Waals surface area contributed by atoms with Gasteiger partial charge in [-0.2, -0.15) is 0 Å². The van der Waals surface area contributed by atoms with Gasteiger partial charge in [-0.15, -0.1) is 0 Å². The number of likely N-dealkylation sites (N-methyl/N-ethyl adjacent to an activating group) is 1. The van der Waals surface area contributed by atoms with Crippen molar-refractivity contribution < 1.29 is 23.9 Å². The van der Waals surface area contributed by atoms with Gasteiger partial charge in [0.1, 0.15) is 30.9 Å². The normalized spacial score (nSPS) is 28.4. The number of hydrogen-bond donors (Lipinski definition) is 1. The minimum Gasteiger partial charge on any atom is -0.377 e. The van der Waals surface area contributed by atoms with Crippen LogP contribution in [-0.4, -0.2) is 105 Å². The van der Waals surface area contributed by atoms with Crippen LogP contribution in [0.25, 0.3) is 0 Å². The third-order valence-electron chi connectivity index (χ3n) is 8.15. The van der Waals surface area contributed by atoms with Gasteiger partial charge in [-0.25, -0.2) is 0 Å². The van der Waals surface area contributed by atoms with Gasteiger partial charge in [0.25, 0.3) is 5.91 Å². The molecule has 1 aliphatic carbocycles. The van der Waals surface area contributed by atoms with E-state index in [9.17, 15) is 14.4 Å². The number of carbonyl (C=O) groups excluding carboxylic acids is 3. The summed E-state index contributed by atoms with van der Waals surface area (Å²) in [7, 11) is 3.70. The molecular formula is C26H36N4O5. The Kier molecular flexibility index (Phi) is 7.09. The van der Waals surface area contributed by atoms with Gasteiger partial charge in [0.15, 0.2) is 5.78 Å². The van der Waals surface area contributed by atoms with Gasteiger partial charge in [-0.1, -0.05) is 12.8 Å². The van der Waals surface area contributed by atoms with Gasteiger partial charge in [0, 0.05) is 44.5 Å². The van der Waals surface area contributed by atoms with Crippen molar-refractivity contribution in [3.05, 3.63) is 29.8 Å². The van der Waals surface area contributed by atoms with Crippen molar-refractivity contribution in [3.63, 3.8) is 0 Å². The fourth-order valence-corrected chi connectivity index (χ4v) is 6.01. The number of fused-ring (bicyclic) bond motifs is 1. The molecule has 0 spiro atoms. The molecule has 0 bridgehead atoms. The number of methoxy groups -OCH3 is 1. The van der Waals surface area contributed by atoms with Gasteiger partial charge >= 0.3 is 0 Å². The number of ketones is 1. The molecule has 1 saturated carbocycles. The Morgan fingerprint density at radius 3 is 2.43 bits per heavy atom. The number of hydrogen-bond acceptors (Lipinski definition) is 7. The summed E-state index contributed by atoms with van der Waals surface area (Å²) in [5.41, 5.74) is 1.64. The van der Waals surface area contributed by atoms with E-state index in [-0.39, 0.29) is 36.2 Å². The standard InChI is InChI=1S/C26H36N4O5/c1-28-11-13-29(14-12-28)19-9-7-18(8-10-19)25(32)27-22(17-5-3-4-6-17)26(33)30-15-21(34-2)24-23(30)20(31)16-35-24/h7-10,17,21-24H,3-6,11-16H2,1-2H3,(H,27,32)/t21-,22+,23-,24-/m1/s1. The van der Waals surface area contributed by atoms with Crippen LogP contribution in [-0.2, 0) is 19.1 Å². The van der Waals surface area contributed by atoms with Crippen LogP contribution in [0.3, 0.4) is 0 Å². The Bertz CT molecular complexity index is 940. The zero-order valence-electron chi connectivity index (χ0n) is 20.7. The molecule has 4 atom stereocenters. The number of Topliss-reactive ketones (excluding diaryl/α,β-unsaturated/α-hetero) is 1. The predicted octanol–water partition coefficient (Wildman–Crippen LogP) is 0.921. The minimum atomic E-state index is -0.660. The lowest BCUT2D eigenvalue weighted by Gasteiger charge is -2.34. The van der Waals surface area contributed by atoms with Crippen molar-refractivity contribution in [2.75, 3.05) is 58.4 Å². The molecule has 0 unspecified atom stereocenters. The number of anilines is 1. The van der Waals surface area contributed by atoms with Crippen LogP contribution in [0, 0.1) is 5.92 Å². The first-order valence-electron chi connectivity index (χ1n) is 12.8. The van der Waals surface area contributed by atoms with Crippen molar-refractivity contribution in [1.82, 2.24) is 15.1 Å². The smallest absolute Gasteiger partial charge is 0.251 e. The summed E-state index contributed by atoms with van der Waals surface area (Å²) in [6.07, 6.45) is 3.09. The highest BCUT2D eigenvalue weighted by Gasteiger charge is 2.54. The molecule has 3 aliphatic heterocycles. The SMILES string of the molecule is CO[C@@H]1CN(C(=O)[C@@H](NC(=O)c2ccc(N3CCN(C)CC3)cc2)C2CCCC2)[C@@H]2C(=O)CO[C@@H]21. The van der Waals surface area contributed by atoms with Gasteiger partial charge in [-0.05, 0) is 50.1 Å². The van der Waals surface area contributed by atoms with Crippen LogP contribution in [0.4, 0.5) is 5.69 Å². The van der Waals surface area contributed by atoms with E-state index < -0.39 is 18.2 Å². The van der Waals surface area contributed by atoms with E-state index in [0.29, 0.717) is 12.1 Å². The largest absolute Gasteiger partial charge is 0.377 e. The highest BCUT2D eigenvalue weighted by atomic mass is 16.5. The molecular weight excluding hydrogens is 448 g/mol. The molecule has 5 rings (SSSR count). The number of piperazine rings is 1. The maximum Gasteiger partial charge on any atom is 0.251 e. The molecule has 1 N–H and O–H groups in total. The summed E-state index contributed by atoms with van der Waals surface area (Å²) in [5, 5.41) is 3.04. The summed E-state index contributed by atoms with van der Waals surface area (Å²) in [6.45, 7) is 4.26. The molecule has 190 valence electrons. The van der Waals surface area contributed by atoms with Crippen molar-refractivity contribution in [1.29, 1.82) is 0 Å². The van der Waals surface area contributed by atoms with E-state index in [1.54, 1.807) is 12.0 Å². The summed E-state index contributed by atoms with van der Waals surface area (Å²) < 4.78 is 11.1. The number of rotatable bonds is 6. The molecule has 4 aliphatic rings. The van der Waals surface area contributed by atoms with Gasteiger partial charge < -0.3 is 29.5 Å². The van der Waals surface area contributed by atoms with Crippen LogP contribution in [0.1, 0.15) is 36.0 Å². The zero-order valence-corrected chi connectivity index (χ0v) is 20.7. The zero-order chi connectivity index (χ0) is 24.5. The van der Waals surface area contributed by atoms with Crippen molar-refractivity contribution in [2.45, 2.75) is 50.0 Å². The monoisotopic (exact) mass is 484 g/mol. The van der Waals surface area contributed by atoms with E-state index in [1.165, 1.54) is 0 Å². The summed E-state index contributed by atoms with van der Waals surface area (Å²) >= 11 is 0. The molecule has 1 aromatic rings. The average Bonchev–Trinajstić information content (AvgIpc) is 3.62. The fraction of sp³-hybridized carbons (Fsp3) is 0.654. The van der Waals surface area contributed by atoms with E-state index in [4.69, 9.17) is 9.47 Å². The first-order chi connectivity index (χ1) is 17.0. The Balaban J connectivity index is 1.30. The Morgan fingerprint density at radius 1 is 1.09 bits per heavy atom. The second kappa shape index (κ2) is 10.2. The lowest BCUT2D eigenvalue weighted by molar-refractivity contribution is -0.139. The number of ether oxygens (including phenoxy) is 2. The summed E-state index contributed by atoms with van der Waals surface area (Å²) in [4.78, 5) is 45.8. The fourth-order valence-electron chi connectivity index (χ4n) is 6.01. The molecule has 35 heavy (non-hydrogen) atoms. The maximum atomic E-state index is 13.8. The molecule has 0 aromatic heterocycles. The molecule has 2 amide bonds. The molecule has 0 radical (unpaired) electrons. The predicted molar refractivity (Wildman–Crippen MR) is 130 cm³/mol. The molecule has 9 nitrogen and oxygen atoms in total. The Labute approximate surface area is 206 Å². The highest BCUT2D eigenvalue weighted by Crippen LogP contribution is 2.33. The minimum absolute atomic E-state index is 0.000911. The third kappa shape index (κ3) is 4.81. The van der Waals surface area contributed by atoms with Crippen LogP contribution in [0.2, 0.25) is 0 Å². The van der Waals surface area contributed by atoms with E-state index in [2.05, 4.69) is 22.2 Å².